The largest absolute Gasteiger partial charge is 0.508 e. The number of nitrogens with two attached hydrogens (primary N) is 1. The van der Waals surface area contributed by atoms with Crippen molar-refractivity contribution in [2.45, 2.75) is 18.1 Å². The minimum atomic E-state index is -2.68. The SMILES string of the molecule is CN(C)[C@H]1C(=O)C(C(N)=O)=C(O)[C@@]2(O)C(=O)c3c(cc4c(Cl)ccc(O)c4c3O)C[C@@H]12. The summed E-state index contributed by atoms with van der Waals surface area (Å²) in [5.41, 5.74) is 1.64. The summed E-state index contributed by atoms with van der Waals surface area (Å²) < 4.78 is 0. The molecule has 0 aromatic heterocycles. The molecule has 2 aliphatic carbocycles. The van der Waals surface area contributed by atoms with Gasteiger partial charge in [0.2, 0.25) is 5.78 Å². The van der Waals surface area contributed by atoms with Crippen LogP contribution in [0.4, 0.5) is 0 Å². The number of benzene rings is 2. The number of Topliss-reactive ketones (excluding diaryl/α,β-unsaturated/α-hetero) is 2. The van der Waals surface area contributed by atoms with Gasteiger partial charge in [0.15, 0.2) is 11.4 Å². The topological polar surface area (TPSA) is 161 Å². The van der Waals surface area contributed by atoms with E-state index in [1.807, 2.05) is 0 Å². The van der Waals surface area contributed by atoms with Crippen LogP contribution in [-0.2, 0) is 16.0 Å². The molecule has 0 aliphatic heterocycles. The van der Waals surface area contributed by atoms with E-state index in [2.05, 4.69) is 0 Å². The number of hydrogen-bond donors (Lipinski definition) is 5. The standard InChI is InChI=1S/C21H19ClN2O7/c1-24(2)15-9-6-7-5-8-10(22)3-4-11(25)13(8)16(26)12(7)18(28)21(9,31)19(29)14(17(15)27)20(23)30/h3-5,9,15,25-26,29,31H,6H2,1-2H3,(H2,23,30)/t9-,15+,21-/m0/s1. The van der Waals surface area contributed by atoms with E-state index < -0.39 is 52.1 Å². The van der Waals surface area contributed by atoms with Crippen molar-refractivity contribution in [3.63, 3.8) is 0 Å². The number of rotatable bonds is 2. The van der Waals surface area contributed by atoms with Gasteiger partial charge in [-0.25, -0.2) is 0 Å². The van der Waals surface area contributed by atoms with Crippen LogP contribution < -0.4 is 5.73 Å². The highest BCUT2D eigenvalue weighted by Gasteiger charge is 2.62. The van der Waals surface area contributed by atoms with Gasteiger partial charge < -0.3 is 26.2 Å². The smallest absolute Gasteiger partial charge is 0.255 e. The molecular formula is C21H19ClN2O7. The Labute approximate surface area is 180 Å². The van der Waals surface area contributed by atoms with Crippen molar-refractivity contribution in [3.05, 3.63) is 45.7 Å². The number of aromatic hydroxyl groups is 2. The van der Waals surface area contributed by atoms with Crippen molar-refractivity contribution in [2.75, 3.05) is 14.1 Å². The number of ketones is 2. The number of phenolic OH excluding ortho intramolecular Hbond substituents is 2. The molecule has 0 heterocycles. The number of carbonyl (C=O) groups is 3. The van der Waals surface area contributed by atoms with Crippen LogP contribution >= 0.6 is 11.6 Å². The second-order valence-corrected chi connectivity index (χ2v) is 8.42. The Hall–Kier alpha value is -3.14. The number of aliphatic hydroxyl groups excluding tert-OH is 1. The zero-order chi connectivity index (χ0) is 23.0. The van der Waals surface area contributed by atoms with Gasteiger partial charge in [-0.3, -0.25) is 19.3 Å². The van der Waals surface area contributed by atoms with Gasteiger partial charge in [0.05, 0.1) is 17.0 Å². The monoisotopic (exact) mass is 446 g/mol. The molecule has 0 fully saturated rings. The van der Waals surface area contributed by atoms with Crippen molar-refractivity contribution >= 4 is 39.8 Å². The summed E-state index contributed by atoms with van der Waals surface area (Å²) in [6, 6.07) is 3.00. The lowest BCUT2D eigenvalue weighted by Gasteiger charge is -2.47. The maximum Gasteiger partial charge on any atom is 0.255 e. The van der Waals surface area contributed by atoms with Crippen molar-refractivity contribution < 1.29 is 34.8 Å². The van der Waals surface area contributed by atoms with Gasteiger partial charge in [-0.15, -0.1) is 0 Å². The molecule has 0 radical (unpaired) electrons. The van der Waals surface area contributed by atoms with E-state index in [0.717, 1.165) is 0 Å². The van der Waals surface area contributed by atoms with Crippen molar-refractivity contribution in [1.82, 2.24) is 4.90 Å². The second kappa shape index (κ2) is 6.68. The quantitative estimate of drug-likeness (QED) is 0.423. The summed E-state index contributed by atoms with van der Waals surface area (Å²) in [4.78, 5) is 39.7. The molecule has 4 rings (SSSR count). The van der Waals surface area contributed by atoms with Crippen LogP contribution in [0.1, 0.15) is 15.9 Å². The number of fused-ring (bicyclic) bond motifs is 3. The average molecular weight is 447 g/mol. The average Bonchev–Trinajstić information content (AvgIpc) is 2.67. The molecule has 0 spiro atoms. The van der Waals surface area contributed by atoms with Crippen LogP contribution in [0, 0.1) is 5.92 Å². The molecule has 9 nitrogen and oxygen atoms in total. The van der Waals surface area contributed by atoms with Gasteiger partial charge >= 0.3 is 0 Å². The Morgan fingerprint density at radius 2 is 1.87 bits per heavy atom. The minimum absolute atomic E-state index is 0.101. The number of nitrogens with zero attached hydrogens (tertiary/aromatic N) is 1. The Kier molecular flexibility index (Phi) is 4.55. The fourth-order valence-corrected chi connectivity index (χ4v) is 4.96. The molecule has 10 heteroatoms. The first-order valence-corrected chi connectivity index (χ1v) is 9.68. The maximum absolute atomic E-state index is 13.5. The maximum atomic E-state index is 13.5. The van der Waals surface area contributed by atoms with E-state index in [9.17, 15) is 34.8 Å². The van der Waals surface area contributed by atoms with Crippen LogP contribution in [0.25, 0.3) is 10.8 Å². The van der Waals surface area contributed by atoms with E-state index in [4.69, 9.17) is 17.3 Å². The number of hydrogen-bond acceptors (Lipinski definition) is 8. The van der Waals surface area contributed by atoms with Gasteiger partial charge in [0.1, 0.15) is 22.8 Å². The van der Waals surface area contributed by atoms with Crippen LogP contribution in [0.15, 0.2) is 29.5 Å². The third-order valence-electron chi connectivity index (χ3n) is 6.13. The molecule has 0 saturated heterocycles. The normalized spacial score (nSPS) is 25.7. The van der Waals surface area contributed by atoms with Crippen molar-refractivity contribution in [1.29, 1.82) is 0 Å². The number of phenols is 2. The number of amides is 1. The highest BCUT2D eigenvalue weighted by atomic mass is 35.5. The van der Waals surface area contributed by atoms with Crippen molar-refractivity contribution in [2.24, 2.45) is 11.7 Å². The van der Waals surface area contributed by atoms with Gasteiger partial charge in [0, 0.05) is 16.3 Å². The molecule has 6 N–H and O–H groups in total. The van der Waals surface area contributed by atoms with Crippen molar-refractivity contribution in [3.8, 4) is 11.5 Å². The van der Waals surface area contributed by atoms with Crippen LogP contribution in [0.5, 0.6) is 11.5 Å². The Balaban J connectivity index is 2.08. The van der Waals surface area contributed by atoms with Gasteiger partial charge in [0.25, 0.3) is 5.91 Å². The third kappa shape index (κ3) is 2.60. The first-order valence-electron chi connectivity index (χ1n) is 9.30. The summed E-state index contributed by atoms with van der Waals surface area (Å²) in [6.45, 7) is 0. The molecule has 2 aliphatic rings. The lowest BCUT2D eigenvalue weighted by molar-refractivity contribution is -0.132. The van der Waals surface area contributed by atoms with Crippen LogP contribution in [0.2, 0.25) is 5.02 Å². The minimum Gasteiger partial charge on any atom is -0.508 e. The van der Waals surface area contributed by atoms with E-state index in [1.165, 1.54) is 37.2 Å². The molecule has 162 valence electrons. The summed E-state index contributed by atoms with van der Waals surface area (Å²) in [7, 11) is 3.05. The Morgan fingerprint density at radius 1 is 1.23 bits per heavy atom. The third-order valence-corrected chi connectivity index (χ3v) is 6.46. The molecule has 2 aromatic carbocycles. The number of halogens is 1. The summed E-state index contributed by atoms with van der Waals surface area (Å²) >= 11 is 6.21. The summed E-state index contributed by atoms with van der Waals surface area (Å²) in [5.74, 6) is -6.51. The predicted octanol–water partition coefficient (Wildman–Crippen LogP) is 0.801. The zero-order valence-corrected chi connectivity index (χ0v) is 17.3. The zero-order valence-electron chi connectivity index (χ0n) is 16.5. The fourth-order valence-electron chi connectivity index (χ4n) is 4.75. The predicted molar refractivity (Wildman–Crippen MR) is 110 cm³/mol. The van der Waals surface area contributed by atoms with E-state index in [0.29, 0.717) is 0 Å². The lowest BCUT2D eigenvalue weighted by atomic mass is 9.62. The van der Waals surface area contributed by atoms with Gasteiger partial charge in [-0.1, -0.05) is 11.6 Å². The molecule has 2 aromatic rings. The van der Waals surface area contributed by atoms with Gasteiger partial charge in [-0.2, -0.15) is 0 Å². The lowest BCUT2D eigenvalue weighted by Crippen LogP contribution is -2.64. The summed E-state index contributed by atoms with van der Waals surface area (Å²) in [6.07, 6.45) is -0.113. The molecular weight excluding hydrogens is 428 g/mol. The molecule has 31 heavy (non-hydrogen) atoms. The fraction of sp³-hybridized carbons (Fsp3) is 0.286. The van der Waals surface area contributed by atoms with Crippen LogP contribution in [-0.4, -0.2) is 68.5 Å². The van der Waals surface area contributed by atoms with Crippen LogP contribution in [0.3, 0.4) is 0 Å². The Morgan fingerprint density at radius 3 is 2.45 bits per heavy atom. The van der Waals surface area contributed by atoms with E-state index in [-0.39, 0.29) is 39.1 Å². The molecule has 0 unspecified atom stereocenters. The van der Waals surface area contributed by atoms with Gasteiger partial charge in [-0.05, 0) is 44.3 Å². The highest BCUT2D eigenvalue weighted by molar-refractivity contribution is 6.36. The summed E-state index contributed by atoms with van der Waals surface area (Å²) in [5, 5.41) is 43.5. The number of carbonyl (C=O) groups excluding carboxylic acids is 3. The molecule has 0 saturated carbocycles. The number of primary amides is 1. The molecule has 0 bridgehead atoms. The highest BCUT2D eigenvalue weighted by Crippen LogP contribution is 2.50. The number of aliphatic hydroxyl groups is 2. The number of likely N-dealkylation sites (N-methyl/N-ethyl adjacent to an activating group) is 1. The second-order valence-electron chi connectivity index (χ2n) is 8.02. The molecule has 3 atom stereocenters. The first-order chi connectivity index (χ1) is 14.4. The van der Waals surface area contributed by atoms with E-state index in [1.54, 1.807) is 0 Å². The first kappa shape index (κ1) is 21.1. The Bertz CT molecular complexity index is 1240. The van der Waals surface area contributed by atoms with E-state index >= 15 is 0 Å². The molecule has 1 amide bonds.